The molecule has 16 heavy (non-hydrogen) atoms. The highest BCUT2D eigenvalue weighted by Crippen LogP contribution is 2.26. The number of hydrogen-bond donors (Lipinski definition) is 2. The first-order valence-corrected chi connectivity index (χ1v) is 6.32. The highest BCUT2D eigenvalue weighted by atomic mass is 32.1. The topological polar surface area (TPSA) is 67.3 Å². The van der Waals surface area contributed by atoms with E-state index in [1.165, 1.54) is 11.5 Å². The van der Waals surface area contributed by atoms with Gasteiger partial charge in [0.2, 0.25) is 5.13 Å². The fourth-order valence-corrected chi connectivity index (χ4v) is 2.35. The van der Waals surface area contributed by atoms with E-state index in [1.54, 1.807) is 0 Å². The summed E-state index contributed by atoms with van der Waals surface area (Å²) in [5.74, 6) is 0.843. The number of anilines is 1. The molecule has 1 aromatic heterocycles. The fourth-order valence-electron chi connectivity index (χ4n) is 1.70. The number of ether oxygens (including phenoxy) is 1. The second kappa shape index (κ2) is 4.65. The van der Waals surface area contributed by atoms with Crippen LogP contribution in [0.1, 0.15) is 26.1 Å². The Labute approximate surface area is 99.0 Å². The Morgan fingerprint density at radius 1 is 1.69 bits per heavy atom. The molecule has 6 heteroatoms. The van der Waals surface area contributed by atoms with Crippen molar-refractivity contribution in [1.29, 1.82) is 0 Å². The Bertz CT molecular complexity index is 358. The summed E-state index contributed by atoms with van der Waals surface area (Å²) in [5, 5.41) is 14.1. The van der Waals surface area contributed by atoms with Crippen LogP contribution in [-0.4, -0.2) is 39.3 Å². The maximum Gasteiger partial charge on any atom is 0.202 e. The zero-order chi connectivity index (χ0) is 11.6. The predicted octanol–water partition coefficient (Wildman–Crippen LogP) is 1.05. The first-order chi connectivity index (χ1) is 7.64. The van der Waals surface area contributed by atoms with Gasteiger partial charge < -0.3 is 15.2 Å². The van der Waals surface area contributed by atoms with E-state index in [1.807, 2.05) is 13.8 Å². The molecule has 5 nitrogen and oxygen atoms in total. The van der Waals surface area contributed by atoms with E-state index in [0.29, 0.717) is 19.6 Å². The molecule has 1 aromatic rings. The van der Waals surface area contributed by atoms with Crippen molar-refractivity contribution in [1.82, 2.24) is 9.36 Å². The number of aliphatic hydroxyl groups is 1. The lowest BCUT2D eigenvalue weighted by atomic mass is 9.97. The minimum absolute atomic E-state index is 0.126. The molecule has 0 aromatic carbocycles. The Kier molecular flexibility index (Phi) is 3.41. The van der Waals surface area contributed by atoms with Crippen molar-refractivity contribution in [3.05, 3.63) is 5.82 Å². The number of rotatable bonds is 4. The lowest BCUT2D eigenvalue weighted by Crippen LogP contribution is -2.43. The number of hydrogen-bond acceptors (Lipinski definition) is 6. The molecular weight excluding hydrogens is 226 g/mol. The van der Waals surface area contributed by atoms with Crippen molar-refractivity contribution in [2.75, 3.05) is 18.5 Å². The maximum atomic E-state index is 10.3. The molecule has 0 radical (unpaired) electrons. The van der Waals surface area contributed by atoms with E-state index in [0.717, 1.165) is 17.4 Å². The van der Waals surface area contributed by atoms with Gasteiger partial charge in [0, 0.05) is 37.5 Å². The van der Waals surface area contributed by atoms with E-state index in [-0.39, 0.29) is 6.10 Å². The van der Waals surface area contributed by atoms with Gasteiger partial charge in [0.05, 0.1) is 6.10 Å². The molecular formula is C10H17N3O2S. The molecule has 0 amide bonds. The van der Waals surface area contributed by atoms with Gasteiger partial charge in [-0.15, -0.1) is 0 Å². The molecule has 1 fully saturated rings. The van der Waals surface area contributed by atoms with Crippen LogP contribution in [0.4, 0.5) is 5.13 Å². The summed E-state index contributed by atoms with van der Waals surface area (Å²) in [7, 11) is 0. The third kappa shape index (κ3) is 2.34. The average molecular weight is 243 g/mol. The van der Waals surface area contributed by atoms with Crippen molar-refractivity contribution in [2.45, 2.75) is 38.4 Å². The van der Waals surface area contributed by atoms with Crippen LogP contribution in [0.15, 0.2) is 0 Å². The summed E-state index contributed by atoms with van der Waals surface area (Å²) >= 11 is 1.33. The van der Waals surface area contributed by atoms with Gasteiger partial charge in [-0.05, 0) is 6.92 Å². The summed E-state index contributed by atoms with van der Waals surface area (Å²) in [5.41, 5.74) is -0.780. The van der Waals surface area contributed by atoms with Crippen LogP contribution in [0.2, 0.25) is 0 Å². The van der Waals surface area contributed by atoms with E-state index in [2.05, 4.69) is 14.7 Å². The molecule has 0 bridgehead atoms. The van der Waals surface area contributed by atoms with Gasteiger partial charge in [-0.2, -0.15) is 4.37 Å². The summed E-state index contributed by atoms with van der Waals surface area (Å²) in [4.78, 5) is 4.29. The van der Waals surface area contributed by atoms with Crippen LogP contribution in [0.5, 0.6) is 0 Å². The normalized spacial score (nSPS) is 29.6. The van der Waals surface area contributed by atoms with Crippen molar-refractivity contribution in [2.24, 2.45) is 0 Å². The molecule has 90 valence electrons. The van der Waals surface area contributed by atoms with Crippen LogP contribution in [0, 0.1) is 0 Å². The van der Waals surface area contributed by atoms with Crippen LogP contribution in [0.3, 0.4) is 0 Å². The predicted molar refractivity (Wildman–Crippen MR) is 62.8 cm³/mol. The molecule has 2 atom stereocenters. The zero-order valence-electron chi connectivity index (χ0n) is 9.56. The largest absolute Gasteiger partial charge is 0.385 e. The van der Waals surface area contributed by atoms with Gasteiger partial charge in [0.1, 0.15) is 11.4 Å². The van der Waals surface area contributed by atoms with Crippen LogP contribution in [0.25, 0.3) is 0 Å². The van der Waals surface area contributed by atoms with Gasteiger partial charge in [0.15, 0.2) is 0 Å². The minimum atomic E-state index is -0.780. The summed E-state index contributed by atoms with van der Waals surface area (Å²) in [6.45, 7) is 5.00. The lowest BCUT2D eigenvalue weighted by molar-refractivity contribution is -0.0175. The standard InChI is InChI=1S/C10H17N3O2S/c1-3-8-12-9(16-13-8)11-6-10(14)4-5-15-7(10)2/h7,14H,3-6H2,1-2H3,(H,11,12,13). The van der Waals surface area contributed by atoms with Gasteiger partial charge in [-0.1, -0.05) is 6.92 Å². The quantitative estimate of drug-likeness (QED) is 0.827. The molecule has 0 spiro atoms. The van der Waals surface area contributed by atoms with E-state index in [4.69, 9.17) is 4.74 Å². The molecule has 2 N–H and O–H groups in total. The zero-order valence-corrected chi connectivity index (χ0v) is 10.4. The summed E-state index contributed by atoms with van der Waals surface area (Å²) < 4.78 is 9.54. The number of nitrogens with one attached hydrogen (secondary N) is 1. The Balaban J connectivity index is 1.91. The second-order valence-corrected chi connectivity index (χ2v) is 4.84. The van der Waals surface area contributed by atoms with Gasteiger partial charge in [-0.3, -0.25) is 0 Å². The first-order valence-electron chi connectivity index (χ1n) is 5.54. The molecule has 1 saturated heterocycles. The van der Waals surface area contributed by atoms with Crippen molar-refractivity contribution in [3.63, 3.8) is 0 Å². The molecule has 1 aliphatic heterocycles. The molecule has 1 aliphatic rings. The monoisotopic (exact) mass is 243 g/mol. The first kappa shape index (κ1) is 11.8. The molecule has 2 rings (SSSR count). The Morgan fingerprint density at radius 2 is 2.50 bits per heavy atom. The lowest BCUT2D eigenvalue weighted by Gasteiger charge is -2.25. The maximum absolute atomic E-state index is 10.3. The smallest absolute Gasteiger partial charge is 0.202 e. The van der Waals surface area contributed by atoms with E-state index < -0.39 is 5.60 Å². The van der Waals surface area contributed by atoms with E-state index in [9.17, 15) is 5.11 Å². The third-order valence-electron chi connectivity index (χ3n) is 2.99. The Hall–Kier alpha value is -0.720. The van der Waals surface area contributed by atoms with Gasteiger partial charge in [0.25, 0.3) is 0 Å². The second-order valence-electron chi connectivity index (χ2n) is 4.09. The third-order valence-corrected chi connectivity index (χ3v) is 3.70. The minimum Gasteiger partial charge on any atom is -0.385 e. The molecule has 2 heterocycles. The Morgan fingerprint density at radius 3 is 3.06 bits per heavy atom. The summed E-state index contributed by atoms with van der Waals surface area (Å²) in [6.07, 6.45) is 1.38. The fraction of sp³-hybridized carbons (Fsp3) is 0.800. The highest BCUT2D eigenvalue weighted by molar-refractivity contribution is 7.09. The van der Waals surface area contributed by atoms with Crippen LogP contribution in [-0.2, 0) is 11.2 Å². The van der Waals surface area contributed by atoms with Crippen LogP contribution >= 0.6 is 11.5 Å². The van der Waals surface area contributed by atoms with Gasteiger partial charge in [-0.25, -0.2) is 4.98 Å². The number of aromatic nitrogens is 2. The average Bonchev–Trinajstić information content (AvgIpc) is 2.85. The highest BCUT2D eigenvalue weighted by Gasteiger charge is 2.39. The number of nitrogens with zero attached hydrogens (tertiary/aromatic N) is 2. The van der Waals surface area contributed by atoms with E-state index >= 15 is 0 Å². The van der Waals surface area contributed by atoms with Crippen molar-refractivity contribution < 1.29 is 9.84 Å². The summed E-state index contributed by atoms with van der Waals surface area (Å²) in [6, 6.07) is 0. The van der Waals surface area contributed by atoms with Crippen LogP contribution < -0.4 is 5.32 Å². The number of aryl methyl sites for hydroxylation is 1. The SMILES string of the molecule is CCc1nsc(NCC2(O)CCOC2C)n1. The molecule has 0 saturated carbocycles. The molecule has 2 unspecified atom stereocenters. The van der Waals surface area contributed by atoms with Crippen molar-refractivity contribution in [3.8, 4) is 0 Å². The molecule has 0 aliphatic carbocycles. The van der Waals surface area contributed by atoms with Gasteiger partial charge >= 0.3 is 0 Å². The van der Waals surface area contributed by atoms with Crippen molar-refractivity contribution >= 4 is 16.7 Å².